The van der Waals surface area contributed by atoms with Gasteiger partial charge in [-0.2, -0.15) is 0 Å². The molecule has 0 heterocycles. The molecule has 20 heavy (non-hydrogen) atoms. The average molecular weight is 277 g/mol. The van der Waals surface area contributed by atoms with E-state index in [2.05, 4.69) is 0 Å². The van der Waals surface area contributed by atoms with Gasteiger partial charge in [0.2, 0.25) is 5.91 Å². The van der Waals surface area contributed by atoms with E-state index >= 15 is 0 Å². The van der Waals surface area contributed by atoms with E-state index in [1.54, 1.807) is 12.0 Å². The van der Waals surface area contributed by atoms with Crippen LogP contribution in [0.5, 0.6) is 5.75 Å². The van der Waals surface area contributed by atoms with E-state index in [1.807, 2.05) is 24.3 Å². The first-order valence-electron chi connectivity index (χ1n) is 6.74. The highest BCUT2D eigenvalue weighted by Crippen LogP contribution is 2.27. The zero-order valence-corrected chi connectivity index (χ0v) is 11.5. The van der Waals surface area contributed by atoms with Crippen molar-refractivity contribution < 1.29 is 19.4 Å². The lowest BCUT2D eigenvalue weighted by Gasteiger charge is -2.21. The van der Waals surface area contributed by atoms with Crippen LogP contribution in [0.3, 0.4) is 0 Å². The third kappa shape index (κ3) is 3.98. The van der Waals surface area contributed by atoms with E-state index in [1.165, 1.54) is 0 Å². The highest BCUT2D eigenvalue weighted by atomic mass is 16.5. The molecular weight excluding hydrogens is 258 g/mol. The molecule has 1 aromatic carbocycles. The van der Waals surface area contributed by atoms with Crippen LogP contribution in [0.1, 0.15) is 24.8 Å². The molecule has 0 bridgehead atoms. The Morgan fingerprint density at radius 3 is 2.75 bits per heavy atom. The van der Waals surface area contributed by atoms with Crippen molar-refractivity contribution in [3.8, 4) is 5.75 Å². The Morgan fingerprint density at radius 1 is 1.40 bits per heavy atom. The molecule has 0 aliphatic heterocycles. The van der Waals surface area contributed by atoms with Gasteiger partial charge >= 0.3 is 5.97 Å². The topological polar surface area (TPSA) is 66.8 Å². The molecular formula is C15H19NO4. The van der Waals surface area contributed by atoms with Crippen LogP contribution < -0.4 is 4.74 Å². The van der Waals surface area contributed by atoms with Crippen LogP contribution in [-0.2, 0) is 16.0 Å². The molecule has 0 saturated heterocycles. The summed E-state index contributed by atoms with van der Waals surface area (Å²) < 4.78 is 5.13. The first-order chi connectivity index (χ1) is 9.60. The number of nitrogens with zero attached hydrogens (tertiary/aromatic N) is 1. The Balaban J connectivity index is 1.98. The van der Waals surface area contributed by atoms with Gasteiger partial charge in [-0.3, -0.25) is 9.59 Å². The summed E-state index contributed by atoms with van der Waals surface area (Å²) in [6.45, 7) is 0.294. The minimum absolute atomic E-state index is 0.000348. The number of hydrogen-bond donors (Lipinski definition) is 1. The van der Waals surface area contributed by atoms with Crippen molar-refractivity contribution in [1.29, 1.82) is 0 Å². The van der Waals surface area contributed by atoms with Crippen LogP contribution in [-0.4, -0.2) is 41.6 Å². The van der Waals surface area contributed by atoms with Gasteiger partial charge in [-0.25, -0.2) is 0 Å². The highest BCUT2D eigenvalue weighted by molar-refractivity contribution is 5.80. The molecule has 1 aliphatic carbocycles. The second-order valence-electron chi connectivity index (χ2n) is 4.99. The predicted octanol–water partition coefficient (Wildman–Crippen LogP) is 1.70. The number of hydrogen-bond acceptors (Lipinski definition) is 3. The van der Waals surface area contributed by atoms with Crippen LogP contribution in [0.2, 0.25) is 0 Å². The molecule has 0 radical (unpaired) electrons. The summed E-state index contributed by atoms with van der Waals surface area (Å²) in [5.74, 6) is -0.161. The summed E-state index contributed by atoms with van der Waals surface area (Å²) in [6, 6.07) is 7.62. The number of methoxy groups -OCH3 is 1. The summed E-state index contributed by atoms with van der Waals surface area (Å²) in [7, 11) is 1.59. The van der Waals surface area contributed by atoms with Crippen molar-refractivity contribution in [2.75, 3.05) is 13.7 Å². The van der Waals surface area contributed by atoms with Crippen molar-refractivity contribution in [3.05, 3.63) is 29.8 Å². The molecule has 1 saturated carbocycles. The third-order valence-corrected chi connectivity index (χ3v) is 3.36. The van der Waals surface area contributed by atoms with Gasteiger partial charge in [-0.05, 0) is 30.5 Å². The minimum atomic E-state index is -0.871. The van der Waals surface area contributed by atoms with Gasteiger partial charge in [0, 0.05) is 12.6 Å². The Hall–Kier alpha value is -2.04. The molecule has 1 aliphatic rings. The highest BCUT2D eigenvalue weighted by Gasteiger charge is 2.32. The molecule has 0 aromatic heterocycles. The summed E-state index contributed by atoms with van der Waals surface area (Å²) in [5, 5.41) is 8.75. The summed E-state index contributed by atoms with van der Waals surface area (Å²) >= 11 is 0. The van der Waals surface area contributed by atoms with Crippen molar-refractivity contribution in [2.45, 2.75) is 31.7 Å². The molecule has 1 fully saturated rings. The molecule has 0 spiro atoms. The van der Waals surface area contributed by atoms with Crippen molar-refractivity contribution in [2.24, 2.45) is 0 Å². The van der Waals surface area contributed by atoms with Crippen LogP contribution in [0.4, 0.5) is 0 Å². The van der Waals surface area contributed by atoms with E-state index < -0.39 is 5.97 Å². The van der Waals surface area contributed by atoms with Crippen LogP contribution >= 0.6 is 0 Å². The molecule has 108 valence electrons. The molecule has 1 N–H and O–H groups in total. The second-order valence-corrected chi connectivity index (χ2v) is 4.99. The van der Waals surface area contributed by atoms with Gasteiger partial charge < -0.3 is 14.7 Å². The molecule has 5 heteroatoms. The fourth-order valence-corrected chi connectivity index (χ4v) is 2.17. The second kappa shape index (κ2) is 6.41. The number of carboxylic acid groups (broad SMARTS) is 1. The first kappa shape index (κ1) is 14.4. The van der Waals surface area contributed by atoms with Gasteiger partial charge in [0.15, 0.2) is 0 Å². The van der Waals surface area contributed by atoms with Gasteiger partial charge in [0.05, 0.1) is 20.0 Å². The fraction of sp³-hybridized carbons (Fsp3) is 0.467. The van der Waals surface area contributed by atoms with Crippen molar-refractivity contribution in [1.82, 2.24) is 4.90 Å². The van der Waals surface area contributed by atoms with E-state index in [4.69, 9.17) is 9.84 Å². The van der Waals surface area contributed by atoms with E-state index in [9.17, 15) is 9.59 Å². The maximum absolute atomic E-state index is 12.3. The fourth-order valence-electron chi connectivity index (χ4n) is 2.17. The summed E-state index contributed by atoms with van der Waals surface area (Å²) in [4.78, 5) is 24.7. The largest absolute Gasteiger partial charge is 0.497 e. The maximum atomic E-state index is 12.3. The SMILES string of the molecule is COc1cccc(CC(=O)N(CCC(=O)O)C2CC2)c1. The van der Waals surface area contributed by atoms with E-state index in [-0.39, 0.29) is 24.8 Å². The molecule has 0 unspecified atom stereocenters. The Bertz CT molecular complexity index is 496. The zero-order chi connectivity index (χ0) is 14.5. The number of carbonyl (C=O) groups excluding carboxylic acids is 1. The van der Waals surface area contributed by atoms with E-state index in [0.29, 0.717) is 6.54 Å². The lowest BCUT2D eigenvalue weighted by Crippen LogP contribution is -2.36. The monoisotopic (exact) mass is 277 g/mol. The predicted molar refractivity (Wildman–Crippen MR) is 73.7 cm³/mol. The first-order valence-corrected chi connectivity index (χ1v) is 6.74. The molecule has 5 nitrogen and oxygen atoms in total. The van der Waals surface area contributed by atoms with Gasteiger partial charge in [-0.15, -0.1) is 0 Å². The molecule has 1 aromatic rings. The zero-order valence-electron chi connectivity index (χ0n) is 11.5. The van der Waals surface area contributed by atoms with Crippen LogP contribution in [0.15, 0.2) is 24.3 Å². The number of amides is 1. The Kier molecular flexibility index (Phi) is 4.61. The number of carboxylic acids is 1. The smallest absolute Gasteiger partial charge is 0.305 e. The number of benzene rings is 1. The minimum Gasteiger partial charge on any atom is -0.497 e. The van der Waals surface area contributed by atoms with E-state index in [0.717, 1.165) is 24.2 Å². The average Bonchev–Trinajstić information content (AvgIpc) is 3.23. The summed E-state index contributed by atoms with van der Waals surface area (Å²) in [6.07, 6.45) is 2.24. The quantitative estimate of drug-likeness (QED) is 0.823. The Morgan fingerprint density at radius 2 is 2.15 bits per heavy atom. The number of aliphatic carboxylic acids is 1. The van der Waals surface area contributed by atoms with Gasteiger partial charge in [0.25, 0.3) is 0 Å². The standard InChI is InChI=1S/C15H19NO4/c1-20-13-4-2-3-11(9-13)10-14(17)16(12-5-6-12)8-7-15(18)19/h2-4,9,12H,5-8,10H2,1H3,(H,18,19). The number of ether oxygens (including phenoxy) is 1. The molecule has 2 rings (SSSR count). The third-order valence-electron chi connectivity index (χ3n) is 3.36. The van der Waals surface area contributed by atoms with Gasteiger partial charge in [-0.1, -0.05) is 12.1 Å². The van der Waals surface area contributed by atoms with Crippen molar-refractivity contribution >= 4 is 11.9 Å². The normalized spacial score (nSPS) is 13.8. The number of carbonyl (C=O) groups is 2. The number of rotatable bonds is 7. The lowest BCUT2D eigenvalue weighted by atomic mass is 10.1. The lowest BCUT2D eigenvalue weighted by molar-refractivity contribution is -0.138. The van der Waals surface area contributed by atoms with Crippen LogP contribution in [0, 0.1) is 0 Å². The van der Waals surface area contributed by atoms with Crippen LogP contribution in [0.25, 0.3) is 0 Å². The molecule has 0 atom stereocenters. The summed E-state index contributed by atoms with van der Waals surface area (Å²) in [5.41, 5.74) is 0.885. The van der Waals surface area contributed by atoms with Gasteiger partial charge in [0.1, 0.15) is 5.75 Å². The maximum Gasteiger partial charge on any atom is 0.305 e. The molecule has 1 amide bonds. The van der Waals surface area contributed by atoms with Crippen molar-refractivity contribution in [3.63, 3.8) is 0 Å². The Labute approximate surface area is 118 Å².